The highest BCUT2D eigenvalue weighted by Gasteiger charge is 2.19. The summed E-state index contributed by atoms with van der Waals surface area (Å²) in [4.78, 5) is 0. The first-order valence-corrected chi connectivity index (χ1v) is 9.27. The van der Waals surface area contributed by atoms with Crippen molar-refractivity contribution in [3.8, 4) is 0 Å². The standard InChI is InChI=1S/C18H29NS/c1-4-19-18(13-15-9-11-20-12-10-15)17-7-5-16(6-8-17)14(2)3/h5-8,14-15,18-19H,4,9-13H2,1-3H3. The van der Waals surface area contributed by atoms with Crippen LogP contribution in [0.1, 0.15) is 63.1 Å². The molecule has 0 radical (unpaired) electrons. The van der Waals surface area contributed by atoms with Crippen LogP contribution >= 0.6 is 11.8 Å². The van der Waals surface area contributed by atoms with Crippen molar-refractivity contribution in [3.63, 3.8) is 0 Å². The molecule has 2 heteroatoms. The lowest BCUT2D eigenvalue weighted by molar-refractivity contribution is 0.374. The molecule has 1 aromatic rings. The fourth-order valence-electron chi connectivity index (χ4n) is 3.01. The Morgan fingerprint density at radius 2 is 1.70 bits per heavy atom. The van der Waals surface area contributed by atoms with Gasteiger partial charge in [0, 0.05) is 6.04 Å². The van der Waals surface area contributed by atoms with Crippen LogP contribution in [0.5, 0.6) is 0 Å². The molecule has 20 heavy (non-hydrogen) atoms. The topological polar surface area (TPSA) is 12.0 Å². The summed E-state index contributed by atoms with van der Waals surface area (Å²) in [6.45, 7) is 7.79. The van der Waals surface area contributed by atoms with Gasteiger partial charge in [-0.2, -0.15) is 11.8 Å². The van der Waals surface area contributed by atoms with E-state index in [-0.39, 0.29) is 0 Å². The van der Waals surface area contributed by atoms with Crippen molar-refractivity contribution < 1.29 is 0 Å². The van der Waals surface area contributed by atoms with Gasteiger partial charge in [0.1, 0.15) is 0 Å². The van der Waals surface area contributed by atoms with Gasteiger partial charge >= 0.3 is 0 Å². The Bertz CT molecular complexity index is 379. The molecule has 112 valence electrons. The van der Waals surface area contributed by atoms with Gasteiger partial charge in [-0.05, 0) is 60.3 Å². The molecule has 0 aliphatic carbocycles. The normalized spacial score (nSPS) is 18.4. The predicted molar refractivity (Wildman–Crippen MR) is 91.6 cm³/mol. The third kappa shape index (κ3) is 4.53. The Morgan fingerprint density at radius 1 is 1.10 bits per heavy atom. The monoisotopic (exact) mass is 291 g/mol. The van der Waals surface area contributed by atoms with Gasteiger partial charge in [-0.15, -0.1) is 0 Å². The lowest BCUT2D eigenvalue weighted by atomic mass is 9.90. The number of rotatable bonds is 6. The minimum Gasteiger partial charge on any atom is -0.310 e. The van der Waals surface area contributed by atoms with Crippen molar-refractivity contribution in [3.05, 3.63) is 35.4 Å². The molecule has 0 bridgehead atoms. The molecule has 1 heterocycles. The minimum atomic E-state index is 0.536. The molecule has 1 nitrogen and oxygen atoms in total. The highest BCUT2D eigenvalue weighted by molar-refractivity contribution is 7.99. The summed E-state index contributed by atoms with van der Waals surface area (Å²) in [6, 6.07) is 9.82. The molecular formula is C18H29NS. The zero-order valence-corrected chi connectivity index (χ0v) is 14.0. The fraction of sp³-hybridized carbons (Fsp3) is 0.667. The van der Waals surface area contributed by atoms with Crippen molar-refractivity contribution in [2.45, 2.75) is 52.0 Å². The summed E-state index contributed by atoms with van der Waals surface area (Å²) in [5.41, 5.74) is 2.91. The summed E-state index contributed by atoms with van der Waals surface area (Å²) in [6.07, 6.45) is 4.10. The van der Waals surface area contributed by atoms with Gasteiger partial charge in [-0.1, -0.05) is 45.0 Å². The molecule has 0 spiro atoms. The van der Waals surface area contributed by atoms with Gasteiger partial charge in [-0.25, -0.2) is 0 Å². The third-order valence-electron chi connectivity index (χ3n) is 4.37. The SMILES string of the molecule is CCNC(CC1CCSCC1)c1ccc(C(C)C)cc1. The van der Waals surface area contributed by atoms with Crippen molar-refractivity contribution in [1.82, 2.24) is 5.32 Å². The molecule has 0 aromatic heterocycles. The quantitative estimate of drug-likeness (QED) is 0.792. The van der Waals surface area contributed by atoms with E-state index >= 15 is 0 Å². The van der Waals surface area contributed by atoms with Crippen LogP contribution in [0.25, 0.3) is 0 Å². The smallest absolute Gasteiger partial charge is 0.0322 e. The summed E-state index contributed by atoms with van der Waals surface area (Å²) in [7, 11) is 0. The maximum Gasteiger partial charge on any atom is 0.0322 e. The highest BCUT2D eigenvalue weighted by Crippen LogP contribution is 2.31. The lowest BCUT2D eigenvalue weighted by Gasteiger charge is -2.27. The van der Waals surface area contributed by atoms with Crippen molar-refractivity contribution >= 4 is 11.8 Å². The van der Waals surface area contributed by atoms with E-state index in [9.17, 15) is 0 Å². The average molecular weight is 292 g/mol. The first kappa shape index (κ1) is 15.9. The molecule has 1 atom stereocenters. The molecule has 1 aliphatic rings. The largest absolute Gasteiger partial charge is 0.310 e. The van der Waals surface area contributed by atoms with E-state index in [2.05, 4.69) is 62.1 Å². The molecule has 2 rings (SSSR count). The Balaban J connectivity index is 2.02. The first-order valence-electron chi connectivity index (χ1n) is 8.11. The number of benzene rings is 1. The number of hydrogen-bond donors (Lipinski definition) is 1. The summed E-state index contributed by atoms with van der Waals surface area (Å²) < 4.78 is 0. The zero-order valence-electron chi connectivity index (χ0n) is 13.2. The second-order valence-electron chi connectivity index (χ2n) is 6.22. The van der Waals surface area contributed by atoms with Gasteiger partial charge < -0.3 is 5.32 Å². The van der Waals surface area contributed by atoms with E-state index in [4.69, 9.17) is 0 Å². The number of thioether (sulfide) groups is 1. The zero-order chi connectivity index (χ0) is 14.4. The first-order chi connectivity index (χ1) is 9.70. The molecule has 1 N–H and O–H groups in total. The maximum atomic E-state index is 3.69. The van der Waals surface area contributed by atoms with E-state index < -0.39 is 0 Å². The van der Waals surface area contributed by atoms with Crippen molar-refractivity contribution in [2.24, 2.45) is 5.92 Å². The van der Waals surface area contributed by atoms with Gasteiger partial charge in [0.25, 0.3) is 0 Å². The van der Waals surface area contributed by atoms with Crippen LogP contribution in [-0.4, -0.2) is 18.1 Å². The van der Waals surface area contributed by atoms with Gasteiger partial charge in [0.05, 0.1) is 0 Å². The molecule has 1 unspecified atom stereocenters. The lowest BCUT2D eigenvalue weighted by Crippen LogP contribution is -2.25. The summed E-state index contributed by atoms with van der Waals surface area (Å²) in [5, 5.41) is 3.69. The second-order valence-corrected chi connectivity index (χ2v) is 7.45. The minimum absolute atomic E-state index is 0.536. The van der Waals surface area contributed by atoms with Crippen LogP contribution in [0.3, 0.4) is 0 Å². The summed E-state index contributed by atoms with van der Waals surface area (Å²) in [5.74, 6) is 4.24. The second kappa shape index (κ2) is 8.09. The van der Waals surface area contributed by atoms with Gasteiger partial charge in [0.15, 0.2) is 0 Å². The van der Waals surface area contributed by atoms with Crippen molar-refractivity contribution in [1.29, 1.82) is 0 Å². The highest BCUT2D eigenvalue weighted by atomic mass is 32.2. The van der Waals surface area contributed by atoms with Gasteiger partial charge in [0.2, 0.25) is 0 Å². The van der Waals surface area contributed by atoms with Crippen LogP contribution in [0, 0.1) is 5.92 Å². The molecule has 0 amide bonds. The number of nitrogens with one attached hydrogen (secondary N) is 1. The van der Waals surface area contributed by atoms with Crippen molar-refractivity contribution in [2.75, 3.05) is 18.1 Å². The average Bonchev–Trinajstić information content (AvgIpc) is 2.48. The van der Waals surface area contributed by atoms with E-state index in [1.807, 2.05) is 0 Å². The molecular weight excluding hydrogens is 262 g/mol. The Kier molecular flexibility index (Phi) is 6.44. The van der Waals surface area contributed by atoms with Gasteiger partial charge in [-0.3, -0.25) is 0 Å². The van der Waals surface area contributed by atoms with E-state index in [0.717, 1.165) is 12.5 Å². The fourth-order valence-corrected chi connectivity index (χ4v) is 4.22. The molecule has 1 aliphatic heterocycles. The molecule has 0 saturated carbocycles. The Hall–Kier alpha value is -0.470. The Morgan fingerprint density at radius 3 is 2.25 bits per heavy atom. The van der Waals surface area contributed by atoms with E-state index in [1.54, 1.807) is 0 Å². The van der Waals surface area contributed by atoms with Crippen LogP contribution in [0.15, 0.2) is 24.3 Å². The maximum absolute atomic E-state index is 3.69. The predicted octanol–water partition coefficient (Wildman–Crippen LogP) is 4.99. The van der Waals surface area contributed by atoms with E-state index in [1.165, 1.54) is 41.9 Å². The molecule has 1 saturated heterocycles. The van der Waals surface area contributed by atoms with Crippen LogP contribution < -0.4 is 5.32 Å². The van der Waals surface area contributed by atoms with Crippen LogP contribution in [-0.2, 0) is 0 Å². The summed E-state index contributed by atoms with van der Waals surface area (Å²) >= 11 is 2.12. The van der Waals surface area contributed by atoms with Crippen LogP contribution in [0.4, 0.5) is 0 Å². The third-order valence-corrected chi connectivity index (χ3v) is 5.41. The molecule has 1 fully saturated rings. The number of hydrogen-bond acceptors (Lipinski definition) is 2. The Labute approximate surface area is 128 Å². The van der Waals surface area contributed by atoms with Crippen LogP contribution in [0.2, 0.25) is 0 Å². The van der Waals surface area contributed by atoms with E-state index in [0.29, 0.717) is 12.0 Å². The molecule has 1 aromatic carbocycles.